The maximum atomic E-state index is 12.8. The van der Waals surface area contributed by atoms with Crippen LogP contribution in [0.2, 0.25) is 0 Å². The van der Waals surface area contributed by atoms with Gasteiger partial charge in [-0.3, -0.25) is 14.6 Å². The molecular formula is C17H18N4O2. The summed E-state index contributed by atoms with van der Waals surface area (Å²) >= 11 is 0. The van der Waals surface area contributed by atoms with Crippen LogP contribution in [0.4, 0.5) is 0 Å². The number of rotatable bonds is 2. The highest BCUT2D eigenvalue weighted by Gasteiger charge is 2.30. The lowest BCUT2D eigenvalue weighted by Gasteiger charge is -2.29. The Morgan fingerprint density at radius 2 is 2.00 bits per heavy atom. The third kappa shape index (κ3) is 3.36. The van der Waals surface area contributed by atoms with Gasteiger partial charge in [0.15, 0.2) is 0 Å². The van der Waals surface area contributed by atoms with Crippen LogP contribution in [0.15, 0.2) is 42.7 Å². The monoisotopic (exact) mass is 310 g/mol. The first kappa shape index (κ1) is 15.1. The van der Waals surface area contributed by atoms with Crippen molar-refractivity contribution in [3.05, 3.63) is 59.7 Å². The Hall–Kier alpha value is -2.76. The molecule has 3 rings (SSSR count). The van der Waals surface area contributed by atoms with E-state index >= 15 is 0 Å². The van der Waals surface area contributed by atoms with Crippen molar-refractivity contribution in [3.8, 4) is 0 Å². The molecule has 6 heteroatoms. The molecule has 2 heterocycles. The van der Waals surface area contributed by atoms with E-state index < -0.39 is 0 Å². The molecular weight excluding hydrogens is 292 g/mol. The van der Waals surface area contributed by atoms with E-state index in [0.717, 1.165) is 11.3 Å². The highest BCUT2D eigenvalue weighted by Crippen LogP contribution is 2.26. The van der Waals surface area contributed by atoms with Gasteiger partial charge in [-0.1, -0.05) is 30.3 Å². The smallest absolute Gasteiger partial charge is 0.274 e. The maximum absolute atomic E-state index is 12.8. The van der Waals surface area contributed by atoms with E-state index in [4.69, 9.17) is 0 Å². The van der Waals surface area contributed by atoms with Crippen molar-refractivity contribution >= 4 is 11.8 Å². The van der Waals surface area contributed by atoms with Crippen molar-refractivity contribution in [2.45, 2.75) is 19.4 Å². The fraction of sp³-hybridized carbons (Fsp3) is 0.294. The molecule has 0 bridgehead atoms. The number of aryl methyl sites for hydroxylation is 1. The van der Waals surface area contributed by atoms with Gasteiger partial charge >= 0.3 is 0 Å². The molecule has 2 aromatic rings. The van der Waals surface area contributed by atoms with Gasteiger partial charge in [0.2, 0.25) is 5.91 Å². The van der Waals surface area contributed by atoms with Crippen LogP contribution in [0, 0.1) is 6.92 Å². The summed E-state index contributed by atoms with van der Waals surface area (Å²) in [7, 11) is 0. The molecule has 118 valence electrons. The van der Waals surface area contributed by atoms with Gasteiger partial charge in [0.1, 0.15) is 5.69 Å². The first-order valence-corrected chi connectivity index (χ1v) is 7.56. The normalized spacial score (nSPS) is 18.2. The number of hydrogen-bond donors (Lipinski definition) is 1. The highest BCUT2D eigenvalue weighted by atomic mass is 16.2. The third-order valence-corrected chi connectivity index (χ3v) is 3.88. The lowest BCUT2D eigenvalue weighted by Crippen LogP contribution is -2.37. The Kier molecular flexibility index (Phi) is 4.32. The number of aromatic nitrogens is 2. The van der Waals surface area contributed by atoms with Crippen LogP contribution in [0.1, 0.15) is 34.2 Å². The second-order valence-electron chi connectivity index (χ2n) is 5.52. The molecule has 0 radical (unpaired) electrons. The molecule has 1 aliphatic heterocycles. The van der Waals surface area contributed by atoms with E-state index in [1.54, 1.807) is 11.1 Å². The first-order valence-electron chi connectivity index (χ1n) is 7.56. The van der Waals surface area contributed by atoms with E-state index in [1.807, 2.05) is 37.3 Å². The summed E-state index contributed by atoms with van der Waals surface area (Å²) in [6.07, 6.45) is 3.31. The average molecular weight is 310 g/mol. The molecule has 1 aromatic heterocycles. The van der Waals surface area contributed by atoms with Crippen LogP contribution >= 0.6 is 0 Å². The number of hydrogen-bond acceptors (Lipinski definition) is 4. The van der Waals surface area contributed by atoms with Gasteiger partial charge in [-0.15, -0.1) is 0 Å². The number of nitrogens with zero attached hydrogens (tertiary/aromatic N) is 3. The number of carbonyl (C=O) groups excluding carboxylic acids is 2. The Balaban J connectivity index is 1.94. The molecule has 1 saturated heterocycles. The van der Waals surface area contributed by atoms with Crippen molar-refractivity contribution in [3.63, 3.8) is 0 Å². The maximum Gasteiger partial charge on any atom is 0.274 e. The van der Waals surface area contributed by atoms with Crippen LogP contribution in [0.3, 0.4) is 0 Å². The first-order chi connectivity index (χ1) is 11.1. The lowest BCUT2D eigenvalue weighted by molar-refractivity contribution is -0.121. The lowest BCUT2D eigenvalue weighted by atomic mass is 10.0. The van der Waals surface area contributed by atoms with Crippen LogP contribution in [0.5, 0.6) is 0 Å². The van der Waals surface area contributed by atoms with Gasteiger partial charge in [-0.05, 0) is 12.5 Å². The van der Waals surface area contributed by atoms with Gasteiger partial charge in [-0.25, -0.2) is 4.98 Å². The summed E-state index contributed by atoms with van der Waals surface area (Å²) < 4.78 is 0. The SMILES string of the molecule is Cc1cnc(C(=O)N2CCNC(=O)CC2c2ccccc2)cn1. The second-order valence-corrected chi connectivity index (χ2v) is 5.52. The largest absolute Gasteiger partial charge is 0.354 e. The summed E-state index contributed by atoms with van der Waals surface area (Å²) in [6, 6.07) is 9.31. The van der Waals surface area contributed by atoms with Crippen molar-refractivity contribution in [1.29, 1.82) is 0 Å². The minimum absolute atomic E-state index is 0.0517. The molecule has 1 aliphatic rings. The summed E-state index contributed by atoms with van der Waals surface area (Å²) in [6.45, 7) is 2.70. The molecule has 0 aliphatic carbocycles. The zero-order chi connectivity index (χ0) is 16.2. The molecule has 1 N–H and O–H groups in total. The quantitative estimate of drug-likeness (QED) is 0.912. The molecule has 1 unspecified atom stereocenters. The summed E-state index contributed by atoms with van der Waals surface area (Å²) in [5, 5.41) is 2.82. The zero-order valence-electron chi connectivity index (χ0n) is 12.9. The summed E-state index contributed by atoms with van der Waals surface area (Å²) in [5.41, 5.74) is 2.00. The van der Waals surface area contributed by atoms with Crippen molar-refractivity contribution < 1.29 is 9.59 Å². The van der Waals surface area contributed by atoms with Gasteiger partial charge in [0.05, 0.1) is 24.4 Å². The Labute approximate surface area is 134 Å². The predicted molar refractivity (Wildman–Crippen MR) is 84.6 cm³/mol. The predicted octanol–water partition coefficient (Wildman–Crippen LogP) is 1.49. The van der Waals surface area contributed by atoms with E-state index in [0.29, 0.717) is 18.8 Å². The molecule has 1 atom stereocenters. The Bertz CT molecular complexity index is 700. The number of amides is 2. The highest BCUT2D eigenvalue weighted by molar-refractivity contribution is 5.93. The van der Waals surface area contributed by atoms with Crippen LogP contribution in [-0.2, 0) is 4.79 Å². The molecule has 0 saturated carbocycles. The molecule has 1 fully saturated rings. The van der Waals surface area contributed by atoms with Gasteiger partial charge < -0.3 is 10.2 Å². The van der Waals surface area contributed by atoms with Crippen LogP contribution in [0.25, 0.3) is 0 Å². The summed E-state index contributed by atoms with van der Waals surface area (Å²) in [5.74, 6) is -0.257. The standard InChI is InChI=1S/C17H18N4O2/c1-12-10-20-14(11-19-12)17(23)21-8-7-18-16(22)9-15(21)13-5-3-2-4-6-13/h2-6,10-11,15H,7-9H2,1H3,(H,18,22). The van der Waals surface area contributed by atoms with Crippen molar-refractivity contribution in [2.75, 3.05) is 13.1 Å². The van der Waals surface area contributed by atoms with E-state index in [-0.39, 0.29) is 24.3 Å². The topological polar surface area (TPSA) is 75.2 Å². The van der Waals surface area contributed by atoms with Crippen molar-refractivity contribution in [1.82, 2.24) is 20.2 Å². The van der Waals surface area contributed by atoms with Crippen LogP contribution in [-0.4, -0.2) is 39.8 Å². The molecule has 6 nitrogen and oxygen atoms in total. The zero-order valence-corrected chi connectivity index (χ0v) is 12.9. The third-order valence-electron chi connectivity index (χ3n) is 3.88. The fourth-order valence-electron chi connectivity index (χ4n) is 2.70. The minimum Gasteiger partial charge on any atom is -0.354 e. The molecule has 23 heavy (non-hydrogen) atoms. The Morgan fingerprint density at radius 3 is 2.70 bits per heavy atom. The number of nitrogens with one attached hydrogen (secondary N) is 1. The number of carbonyl (C=O) groups is 2. The van der Waals surface area contributed by atoms with E-state index in [2.05, 4.69) is 15.3 Å². The minimum atomic E-state index is -0.297. The average Bonchev–Trinajstić information content (AvgIpc) is 2.77. The second kappa shape index (κ2) is 6.56. The Morgan fingerprint density at radius 1 is 1.22 bits per heavy atom. The van der Waals surface area contributed by atoms with E-state index in [1.165, 1.54) is 6.20 Å². The fourth-order valence-corrected chi connectivity index (χ4v) is 2.70. The van der Waals surface area contributed by atoms with Gasteiger partial charge in [-0.2, -0.15) is 0 Å². The molecule has 1 aromatic carbocycles. The van der Waals surface area contributed by atoms with E-state index in [9.17, 15) is 9.59 Å². The summed E-state index contributed by atoms with van der Waals surface area (Å²) in [4.78, 5) is 34.8. The molecule has 2 amide bonds. The van der Waals surface area contributed by atoms with Gasteiger partial charge in [0, 0.05) is 19.3 Å². The number of benzene rings is 1. The molecule has 0 spiro atoms. The van der Waals surface area contributed by atoms with Gasteiger partial charge in [0.25, 0.3) is 5.91 Å². The van der Waals surface area contributed by atoms with Crippen LogP contribution < -0.4 is 5.32 Å². The van der Waals surface area contributed by atoms with Crippen molar-refractivity contribution in [2.24, 2.45) is 0 Å².